The molecule has 9 nitrogen and oxygen atoms in total. The van der Waals surface area contributed by atoms with E-state index >= 15 is 0 Å². The van der Waals surface area contributed by atoms with Crippen molar-refractivity contribution in [2.45, 2.75) is 78.8 Å². The molecule has 4 N–H and O–H groups in total. The van der Waals surface area contributed by atoms with Gasteiger partial charge in [0.25, 0.3) is 0 Å². The normalized spacial score (nSPS) is 17.0. The van der Waals surface area contributed by atoms with Gasteiger partial charge in [-0.25, -0.2) is 5.48 Å². The monoisotopic (exact) mass is 564 g/mol. The molecule has 1 aliphatic rings. The van der Waals surface area contributed by atoms with Gasteiger partial charge in [0.1, 0.15) is 6.04 Å². The maximum Gasteiger partial charge on any atom is 0.247 e. The molecule has 0 unspecified atom stereocenters. The predicted molar refractivity (Wildman–Crippen MR) is 159 cm³/mol. The molecule has 1 fully saturated rings. The Morgan fingerprint density at radius 1 is 1.00 bits per heavy atom. The molecule has 1 aliphatic heterocycles. The van der Waals surface area contributed by atoms with Crippen LogP contribution in [0.2, 0.25) is 0 Å². The van der Waals surface area contributed by atoms with Crippen LogP contribution in [0.3, 0.4) is 0 Å². The maximum absolute atomic E-state index is 13.7. The van der Waals surface area contributed by atoms with Crippen LogP contribution in [0, 0.1) is 17.8 Å². The second kappa shape index (κ2) is 15.3. The first kappa shape index (κ1) is 31.8. The van der Waals surface area contributed by atoms with Gasteiger partial charge in [0.15, 0.2) is 0 Å². The van der Waals surface area contributed by atoms with Gasteiger partial charge in [0.2, 0.25) is 23.6 Å². The lowest BCUT2D eigenvalue weighted by Gasteiger charge is -2.29. The van der Waals surface area contributed by atoms with Crippen LogP contribution in [-0.4, -0.2) is 46.3 Å². The topological polar surface area (TPSA) is 128 Å². The number of carbonyl (C=O) groups is 4. The Hall–Kier alpha value is -3.72. The van der Waals surface area contributed by atoms with E-state index < -0.39 is 23.8 Å². The summed E-state index contributed by atoms with van der Waals surface area (Å²) in [6.45, 7) is 8.38. The highest BCUT2D eigenvalue weighted by molar-refractivity contribution is 5.92. The molecule has 222 valence electrons. The van der Waals surface area contributed by atoms with Gasteiger partial charge in [-0.15, -0.1) is 0 Å². The van der Waals surface area contributed by atoms with E-state index in [-0.39, 0.29) is 23.6 Å². The molecule has 2 aromatic carbocycles. The van der Waals surface area contributed by atoms with Gasteiger partial charge < -0.3 is 15.5 Å². The summed E-state index contributed by atoms with van der Waals surface area (Å²) in [5, 5.41) is 15.1. The minimum Gasteiger partial charge on any atom is -0.344 e. The zero-order valence-electron chi connectivity index (χ0n) is 24.6. The van der Waals surface area contributed by atoms with E-state index in [1.54, 1.807) is 10.4 Å². The Kier molecular flexibility index (Phi) is 11.9. The second-order valence-corrected chi connectivity index (χ2v) is 11.4. The van der Waals surface area contributed by atoms with Crippen LogP contribution in [0.25, 0.3) is 11.1 Å². The molecule has 1 heterocycles. The number of rotatable bonds is 12. The smallest absolute Gasteiger partial charge is 0.247 e. The lowest BCUT2D eigenvalue weighted by atomic mass is 9.81. The summed E-state index contributed by atoms with van der Waals surface area (Å²) in [6, 6.07) is 14.9. The van der Waals surface area contributed by atoms with E-state index in [4.69, 9.17) is 0 Å². The van der Waals surface area contributed by atoms with E-state index in [0.717, 1.165) is 35.2 Å². The van der Waals surface area contributed by atoms with Crippen molar-refractivity contribution in [1.29, 1.82) is 0 Å². The quantitative estimate of drug-likeness (QED) is 0.216. The number of hydroxylamine groups is 1. The molecule has 0 spiro atoms. The van der Waals surface area contributed by atoms with E-state index in [0.29, 0.717) is 38.8 Å². The summed E-state index contributed by atoms with van der Waals surface area (Å²) in [5.74, 6) is -2.30. The fraction of sp³-hybridized carbons (Fsp3) is 0.500. The summed E-state index contributed by atoms with van der Waals surface area (Å²) < 4.78 is 0. The van der Waals surface area contributed by atoms with Crippen LogP contribution in [0.15, 0.2) is 48.5 Å². The molecular formula is C32H44N4O5. The van der Waals surface area contributed by atoms with Crippen molar-refractivity contribution in [2.75, 3.05) is 11.9 Å². The molecule has 0 radical (unpaired) electrons. The standard InChI is InChI=1S/C32H44N4O5/c1-5-10-27(31(39)35-41)28(17-21(2)3)30(38)34-29-15-6-7-16-36(32(29)40)20-23-11-8-12-24(18-23)25-13-9-14-26(19-25)33-22(4)37/h8-9,11-14,18-19,21,27-29,41H,5-7,10,15-17,20H2,1-4H3,(H,33,37)(H,34,38)(H,35,39)/t27-,28+,29-/m0/s1. The van der Waals surface area contributed by atoms with E-state index in [1.807, 2.05) is 69.3 Å². The summed E-state index contributed by atoms with van der Waals surface area (Å²) in [5.41, 5.74) is 5.34. The summed E-state index contributed by atoms with van der Waals surface area (Å²) in [7, 11) is 0. The number of hydrogen-bond acceptors (Lipinski definition) is 5. The third-order valence-electron chi connectivity index (χ3n) is 7.51. The first-order chi connectivity index (χ1) is 19.6. The number of benzene rings is 2. The third-order valence-corrected chi connectivity index (χ3v) is 7.51. The van der Waals surface area contributed by atoms with Crippen molar-refractivity contribution in [2.24, 2.45) is 17.8 Å². The van der Waals surface area contributed by atoms with Crippen LogP contribution in [-0.2, 0) is 25.7 Å². The number of anilines is 1. The lowest BCUT2D eigenvalue weighted by molar-refractivity contribution is -0.143. The molecule has 3 atom stereocenters. The SMILES string of the molecule is CCC[C@H](C(=O)NO)[C@@H](CC(C)C)C(=O)N[C@H]1CCCCN(Cc2cccc(-c3cccc(NC(C)=O)c3)c2)C1=O. The molecule has 0 aromatic heterocycles. The number of amides is 4. The minimum atomic E-state index is -0.670. The molecule has 0 aliphatic carbocycles. The molecule has 2 aromatic rings. The highest BCUT2D eigenvalue weighted by Crippen LogP contribution is 2.27. The number of likely N-dealkylation sites (tertiary alicyclic amines) is 1. The van der Waals surface area contributed by atoms with Crippen molar-refractivity contribution in [1.82, 2.24) is 15.7 Å². The van der Waals surface area contributed by atoms with Crippen molar-refractivity contribution >= 4 is 29.3 Å². The highest BCUT2D eigenvalue weighted by Gasteiger charge is 2.36. The van der Waals surface area contributed by atoms with Gasteiger partial charge in [0, 0.05) is 31.6 Å². The van der Waals surface area contributed by atoms with Gasteiger partial charge in [-0.3, -0.25) is 24.4 Å². The molecule has 9 heteroatoms. The fourth-order valence-corrected chi connectivity index (χ4v) is 5.60. The van der Waals surface area contributed by atoms with Gasteiger partial charge in [-0.2, -0.15) is 0 Å². The summed E-state index contributed by atoms with van der Waals surface area (Å²) >= 11 is 0. The molecule has 41 heavy (non-hydrogen) atoms. The van der Waals surface area contributed by atoms with Gasteiger partial charge in [0.05, 0.1) is 5.92 Å². The summed E-state index contributed by atoms with van der Waals surface area (Å²) in [6.07, 6.45) is 3.80. The zero-order valence-corrected chi connectivity index (χ0v) is 24.6. The summed E-state index contributed by atoms with van der Waals surface area (Å²) in [4.78, 5) is 52.9. The molecule has 3 rings (SSSR count). The van der Waals surface area contributed by atoms with Crippen LogP contribution in [0.5, 0.6) is 0 Å². The average molecular weight is 565 g/mol. The van der Waals surface area contributed by atoms with E-state index in [1.165, 1.54) is 6.92 Å². The molecule has 0 bridgehead atoms. The fourth-order valence-electron chi connectivity index (χ4n) is 5.60. The molecule has 4 amide bonds. The Balaban J connectivity index is 1.76. The third kappa shape index (κ3) is 9.14. The Morgan fingerprint density at radius 2 is 1.71 bits per heavy atom. The molecular weight excluding hydrogens is 520 g/mol. The van der Waals surface area contributed by atoms with Gasteiger partial charge >= 0.3 is 0 Å². The van der Waals surface area contributed by atoms with Crippen LogP contribution in [0.1, 0.15) is 71.8 Å². The largest absolute Gasteiger partial charge is 0.344 e. The lowest BCUT2D eigenvalue weighted by Crippen LogP contribution is -2.51. The Labute approximate surface area is 243 Å². The number of hydrogen-bond donors (Lipinski definition) is 4. The predicted octanol–water partition coefficient (Wildman–Crippen LogP) is 4.89. The molecule has 0 saturated carbocycles. The van der Waals surface area contributed by atoms with E-state index in [9.17, 15) is 24.4 Å². The van der Waals surface area contributed by atoms with Gasteiger partial charge in [-0.05, 0) is 72.9 Å². The molecule has 1 saturated heterocycles. The van der Waals surface area contributed by atoms with Crippen molar-refractivity contribution in [3.8, 4) is 11.1 Å². The van der Waals surface area contributed by atoms with E-state index in [2.05, 4.69) is 10.6 Å². The van der Waals surface area contributed by atoms with Crippen LogP contribution >= 0.6 is 0 Å². The number of nitrogens with zero attached hydrogens (tertiary/aromatic N) is 1. The first-order valence-corrected chi connectivity index (χ1v) is 14.6. The maximum atomic E-state index is 13.7. The highest BCUT2D eigenvalue weighted by atomic mass is 16.5. The second-order valence-electron chi connectivity index (χ2n) is 11.4. The van der Waals surface area contributed by atoms with Crippen LogP contribution < -0.4 is 16.1 Å². The number of carbonyl (C=O) groups excluding carboxylic acids is 4. The van der Waals surface area contributed by atoms with Crippen molar-refractivity contribution in [3.63, 3.8) is 0 Å². The Bertz CT molecular complexity index is 1210. The van der Waals surface area contributed by atoms with Crippen molar-refractivity contribution < 1.29 is 24.4 Å². The van der Waals surface area contributed by atoms with Crippen LogP contribution in [0.4, 0.5) is 5.69 Å². The Morgan fingerprint density at radius 3 is 2.37 bits per heavy atom. The minimum absolute atomic E-state index is 0.129. The first-order valence-electron chi connectivity index (χ1n) is 14.6. The number of nitrogens with one attached hydrogen (secondary N) is 3. The average Bonchev–Trinajstić information content (AvgIpc) is 3.10. The van der Waals surface area contributed by atoms with Gasteiger partial charge in [-0.1, -0.05) is 57.5 Å². The van der Waals surface area contributed by atoms with Crippen molar-refractivity contribution in [3.05, 3.63) is 54.1 Å². The zero-order chi connectivity index (χ0) is 29.9.